The first-order chi connectivity index (χ1) is 10.7. The highest BCUT2D eigenvalue weighted by atomic mass is 32.1. The van der Waals surface area contributed by atoms with Crippen molar-refractivity contribution in [3.05, 3.63) is 21.9 Å². The fourth-order valence-corrected chi connectivity index (χ4v) is 4.27. The van der Waals surface area contributed by atoms with Crippen molar-refractivity contribution >= 4 is 17.2 Å². The van der Waals surface area contributed by atoms with Crippen molar-refractivity contribution in [1.29, 1.82) is 0 Å². The van der Waals surface area contributed by atoms with Crippen LogP contribution in [0.15, 0.2) is 12.1 Å². The molecule has 6 heteroatoms. The van der Waals surface area contributed by atoms with Crippen LogP contribution in [0.25, 0.3) is 0 Å². The number of hydrogen-bond donors (Lipinski definition) is 1. The highest BCUT2D eigenvalue weighted by Crippen LogP contribution is 2.34. The molecule has 22 heavy (non-hydrogen) atoms. The summed E-state index contributed by atoms with van der Waals surface area (Å²) in [5, 5.41) is 2.88. The van der Waals surface area contributed by atoms with Crippen molar-refractivity contribution in [2.45, 2.75) is 44.6 Å². The van der Waals surface area contributed by atoms with E-state index in [9.17, 15) is 4.79 Å². The molecule has 5 nitrogen and oxygen atoms in total. The fourth-order valence-electron chi connectivity index (χ4n) is 3.36. The third-order valence-corrected chi connectivity index (χ3v) is 5.43. The van der Waals surface area contributed by atoms with E-state index in [1.807, 2.05) is 11.3 Å². The van der Waals surface area contributed by atoms with Crippen LogP contribution >= 0.6 is 11.3 Å². The van der Waals surface area contributed by atoms with E-state index in [0.29, 0.717) is 19.2 Å². The Morgan fingerprint density at radius 1 is 1.55 bits per heavy atom. The zero-order chi connectivity index (χ0) is 15.5. The Bertz CT molecular complexity index is 519. The summed E-state index contributed by atoms with van der Waals surface area (Å²) in [6.07, 6.45) is 1.73. The van der Waals surface area contributed by atoms with Crippen molar-refractivity contribution in [1.82, 2.24) is 10.2 Å². The Balaban J connectivity index is 1.53. The zero-order valence-electron chi connectivity index (χ0n) is 13.2. The lowest BCUT2D eigenvalue weighted by atomic mass is 10.1. The lowest BCUT2D eigenvalue weighted by Crippen LogP contribution is -2.37. The zero-order valence-corrected chi connectivity index (χ0v) is 14.0. The molecule has 0 unspecified atom stereocenters. The Labute approximate surface area is 135 Å². The number of fused-ring (bicyclic) bond motifs is 1. The van der Waals surface area contributed by atoms with Crippen LogP contribution in [-0.2, 0) is 20.8 Å². The Kier molecular flexibility index (Phi) is 5.13. The molecule has 0 spiro atoms. The number of thiophene rings is 1. The van der Waals surface area contributed by atoms with Crippen LogP contribution in [0, 0.1) is 6.92 Å². The van der Waals surface area contributed by atoms with Gasteiger partial charge in [-0.15, -0.1) is 11.3 Å². The SMILES string of the molecule is COCCNC(=O)[C@@H]1C[C@@H]2[C@@H](CCN2Cc2ccc(C)s2)O1. The average Bonchev–Trinajstić information content (AvgIpc) is 3.17. The third kappa shape index (κ3) is 3.51. The first kappa shape index (κ1) is 15.9. The molecule has 1 aromatic heterocycles. The van der Waals surface area contributed by atoms with Crippen LogP contribution in [0.4, 0.5) is 0 Å². The van der Waals surface area contributed by atoms with Crippen molar-refractivity contribution in [3.8, 4) is 0 Å². The van der Waals surface area contributed by atoms with Gasteiger partial charge in [0, 0.05) is 49.0 Å². The number of amides is 1. The second-order valence-electron chi connectivity index (χ2n) is 6.02. The van der Waals surface area contributed by atoms with Gasteiger partial charge in [0.05, 0.1) is 12.7 Å². The van der Waals surface area contributed by atoms with Crippen LogP contribution in [0.5, 0.6) is 0 Å². The predicted octanol–water partition coefficient (Wildman–Crippen LogP) is 1.55. The maximum absolute atomic E-state index is 12.1. The molecular formula is C16H24N2O3S. The van der Waals surface area contributed by atoms with Gasteiger partial charge in [0.15, 0.2) is 0 Å². The molecule has 2 fully saturated rings. The minimum atomic E-state index is -0.306. The summed E-state index contributed by atoms with van der Waals surface area (Å²) in [6.45, 7) is 5.25. The number of ether oxygens (including phenoxy) is 2. The van der Waals surface area contributed by atoms with Gasteiger partial charge in [-0.2, -0.15) is 0 Å². The summed E-state index contributed by atoms with van der Waals surface area (Å²) in [4.78, 5) is 17.3. The van der Waals surface area contributed by atoms with Gasteiger partial charge in [-0.3, -0.25) is 9.69 Å². The molecule has 3 heterocycles. The molecular weight excluding hydrogens is 300 g/mol. The summed E-state index contributed by atoms with van der Waals surface area (Å²) < 4.78 is 10.9. The minimum Gasteiger partial charge on any atom is -0.383 e. The summed E-state index contributed by atoms with van der Waals surface area (Å²) in [6, 6.07) is 4.75. The molecule has 0 bridgehead atoms. The van der Waals surface area contributed by atoms with Crippen LogP contribution in [0.3, 0.4) is 0 Å². The van der Waals surface area contributed by atoms with Crippen molar-refractivity contribution in [2.75, 3.05) is 26.8 Å². The van der Waals surface area contributed by atoms with Gasteiger partial charge in [0.25, 0.3) is 0 Å². The van der Waals surface area contributed by atoms with Gasteiger partial charge < -0.3 is 14.8 Å². The summed E-state index contributed by atoms with van der Waals surface area (Å²) in [7, 11) is 1.63. The Hall–Kier alpha value is -0.950. The Morgan fingerprint density at radius 3 is 3.14 bits per heavy atom. The maximum Gasteiger partial charge on any atom is 0.249 e. The third-order valence-electron chi connectivity index (χ3n) is 4.45. The highest BCUT2D eigenvalue weighted by Gasteiger charge is 2.45. The van der Waals surface area contributed by atoms with Gasteiger partial charge in [-0.25, -0.2) is 0 Å². The van der Waals surface area contributed by atoms with Gasteiger partial charge in [-0.05, 0) is 25.5 Å². The van der Waals surface area contributed by atoms with E-state index in [0.717, 1.165) is 25.9 Å². The first-order valence-electron chi connectivity index (χ1n) is 7.89. The first-order valence-corrected chi connectivity index (χ1v) is 8.70. The number of aryl methyl sites for hydroxylation is 1. The van der Waals surface area contributed by atoms with Crippen LogP contribution in [0.2, 0.25) is 0 Å². The maximum atomic E-state index is 12.1. The number of nitrogens with zero attached hydrogens (tertiary/aromatic N) is 1. The highest BCUT2D eigenvalue weighted by molar-refractivity contribution is 7.11. The van der Waals surface area contributed by atoms with Crippen molar-refractivity contribution in [3.63, 3.8) is 0 Å². The molecule has 1 aromatic rings. The molecule has 3 rings (SSSR count). The molecule has 2 saturated heterocycles. The topological polar surface area (TPSA) is 50.8 Å². The van der Waals surface area contributed by atoms with Crippen LogP contribution in [0.1, 0.15) is 22.6 Å². The van der Waals surface area contributed by atoms with E-state index in [-0.39, 0.29) is 18.1 Å². The number of rotatable bonds is 6. The van der Waals surface area contributed by atoms with Gasteiger partial charge in [0.2, 0.25) is 5.91 Å². The van der Waals surface area contributed by atoms with E-state index in [4.69, 9.17) is 9.47 Å². The van der Waals surface area contributed by atoms with Crippen LogP contribution in [-0.4, -0.2) is 55.9 Å². The molecule has 2 aliphatic heterocycles. The monoisotopic (exact) mass is 324 g/mol. The second-order valence-corrected chi connectivity index (χ2v) is 7.39. The van der Waals surface area contributed by atoms with Gasteiger partial charge >= 0.3 is 0 Å². The normalized spacial score (nSPS) is 28.0. The predicted molar refractivity (Wildman–Crippen MR) is 86.0 cm³/mol. The molecule has 0 saturated carbocycles. The van der Waals surface area contributed by atoms with Crippen molar-refractivity contribution < 1.29 is 14.3 Å². The van der Waals surface area contributed by atoms with E-state index in [1.54, 1.807) is 7.11 Å². The van der Waals surface area contributed by atoms with Crippen LogP contribution < -0.4 is 5.32 Å². The quantitative estimate of drug-likeness (QED) is 0.807. The number of likely N-dealkylation sites (tertiary alicyclic amines) is 1. The Morgan fingerprint density at radius 2 is 2.41 bits per heavy atom. The van der Waals surface area contributed by atoms with E-state index < -0.39 is 0 Å². The number of hydrogen-bond acceptors (Lipinski definition) is 5. The lowest BCUT2D eigenvalue weighted by Gasteiger charge is -2.21. The molecule has 0 aliphatic carbocycles. The molecule has 0 aromatic carbocycles. The molecule has 0 radical (unpaired) electrons. The average molecular weight is 324 g/mol. The van der Waals surface area contributed by atoms with Crippen molar-refractivity contribution in [2.24, 2.45) is 0 Å². The summed E-state index contributed by atoms with van der Waals surface area (Å²) in [5.41, 5.74) is 0. The fraction of sp³-hybridized carbons (Fsp3) is 0.688. The molecule has 122 valence electrons. The van der Waals surface area contributed by atoms with Gasteiger partial charge in [0.1, 0.15) is 6.10 Å². The van der Waals surface area contributed by atoms with E-state index in [2.05, 4.69) is 29.3 Å². The molecule has 1 N–H and O–H groups in total. The second kappa shape index (κ2) is 7.08. The standard InChI is InChI=1S/C16H24N2O3S/c1-11-3-4-12(22-11)10-18-7-5-14-13(18)9-15(21-14)16(19)17-6-8-20-2/h3-4,13-15H,5-10H2,1-2H3,(H,17,19)/t13-,14-,15+/m1/s1. The molecule has 2 aliphatic rings. The molecule has 1 amide bonds. The number of methoxy groups -OCH3 is 1. The number of carbonyl (C=O) groups is 1. The van der Waals surface area contributed by atoms with E-state index in [1.165, 1.54) is 9.75 Å². The largest absolute Gasteiger partial charge is 0.383 e. The number of carbonyl (C=O) groups excluding carboxylic acids is 1. The lowest BCUT2D eigenvalue weighted by molar-refractivity contribution is -0.132. The van der Waals surface area contributed by atoms with Gasteiger partial charge in [-0.1, -0.05) is 0 Å². The summed E-state index contributed by atoms with van der Waals surface area (Å²) in [5.74, 6) is -0.00151. The number of nitrogens with one attached hydrogen (secondary N) is 1. The summed E-state index contributed by atoms with van der Waals surface area (Å²) >= 11 is 1.85. The molecule has 3 atom stereocenters. The van der Waals surface area contributed by atoms with E-state index >= 15 is 0 Å². The minimum absolute atomic E-state index is 0.00151. The smallest absolute Gasteiger partial charge is 0.249 e.